The van der Waals surface area contributed by atoms with Gasteiger partial charge in [0.1, 0.15) is 11.6 Å². The van der Waals surface area contributed by atoms with Crippen LogP contribution in [0, 0.1) is 0 Å². The number of nitrogens with zero attached hydrogens (tertiary/aromatic N) is 4. The van der Waals surface area contributed by atoms with Crippen molar-refractivity contribution in [3.63, 3.8) is 0 Å². The first-order valence-electron chi connectivity index (χ1n) is 8.48. The number of piperazine rings is 1. The van der Waals surface area contributed by atoms with Crippen molar-refractivity contribution in [2.24, 2.45) is 0 Å². The maximum Gasteiger partial charge on any atom is 0.417 e. The summed E-state index contributed by atoms with van der Waals surface area (Å²) in [6, 6.07) is 0.212. The highest BCUT2D eigenvalue weighted by atomic mass is 19.4. The molecule has 0 unspecified atom stereocenters. The van der Waals surface area contributed by atoms with Crippen LogP contribution in [-0.2, 0) is 15.7 Å². The van der Waals surface area contributed by atoms with Gasteiger partial charge in [-0.05, 0) is 26.8 Å². The fourth-order valence-corrected chi connectivity index (χ4v) is 3.15. The molecule has 10 heteroatoms. The number of hydrogen-bond donors (Lipinski definition) is 0. The summed E-state index contributed by atoms with van der Waals surface area (Å²) in [6.45, 7) is 5.89. The number of aromatic nitrogens is 1. The van der Waals surface area contributed by atoms with Crippen LogP contribution in [0.15, 0.2) is 12.3 Å². The summed E-state index contributed by atoms with van der Waals surface area (Å²) >= 11 is 0. The summed E-state index contributed by atoms with van der Waals surface area (Å²) < 4.78 is 44.3. The molecular weight excluding hydrogens is 365 g/mol. The Hall–Kier alpha value is -2.52. The molecule has 0 bridgehead atoms. The minimum Gasteiger partial charge on any atom is -0.444 e. The SMILES string of the molecule is CN1C(=O)[C@@H]2CN(C(=O)OC(C)(C)C)CCN2c2ncc(C(F)(F)F)cc21. The summed E-state index contributed by atoms with van der Waals surface area (Å²) in [6.07, 6.45) is -4.30. The first-order valence-corrected chi connectivity index (χ1v) is 8.48. The Morgan fingerprint density at radius 3 is 2.52 bits per heavy atom. The van der Waals surface area contributed by atoms with Crippen molar-refractivity contribution in [1.29, 1.82) is 0 Å². The van der Waals surface area contributed by atoms with Crippen molar-refractivity contribution in [2.45, 2.75) is 38.6 Å². The predicted molar refractivity (Wildman–Crippen MR) is 91.6 cm³/mol. The third kappa shape index (κ3) is 3.65. The maximum atomic E-state index is 13.0. The second-order valence-electron chi connectivity index (χ2n) is 7.60. The Balaban J connectivity index is 1.87. The zero-order chi connectivity index (χ0) is 20.1. The molecular formula is C17H21F3N4O3. The van der Waals surface area contributed by atoms with Crippen LogP contribution in [0.25, 0.3) is 0 Å². The van der Waals surface area contributed by atoms with E-state index in [4.69, 9.17) is 4.74 Å². The molecule has 7 nitrogen and oxygen atoms in total. The van der Waals surface area contributed by atoms with E-state index in [1.165, 1.54) is 11.9 Å². The number of carbonyl (C=O) groups excluding carboxylic acids is 2. The third-order valence-corrected chi connectivity index (χ3v) is 4.46. The molecule has 0 aliphatic carbocycles. The summed E-state index contributed by atoms with van der Waals surface area (Å²) in [7, 11) is 1.41. The zero-order valence-electron chi connectivity index (χ0n) is 15.5. The average molecular weight is 386 g/mol. The van der Waals surface area contributed by atoms with E-state index in [-0.39, 0.29) is 25.3 Å². The monoisotopic (exact) mass is 386 g/mol. The normalized spacial score (nSPS) is 20.3. The number of likely N-dealkylation sites (N-methyl/N-ethyl adjacent to an activating group) is 1. The fraction of sp³-hybridized carbons (Fsp3) is 0.588. The van der Waals surface area contributed by atoms with Gasteiger partial charge in [0.05, 0.1) is 17.8 Å². The molecule has 0 aromatic carbocycles. The number of ether oxygens (including phenoxy) is 1. The Morgan fingerprint density at radius 1 is 1.26 bits per heavy atom. The highest BCUT2D eigenvalue weighted by Gasteiger charge is 2.44. The molecule has 0 radical (unpaired) electrons. The van der Waals surface area contributed by atoms with Crippen molar-refractivity contribution in [2.75, 3.05) is 36.5 Å². The number of fused-ring (bicyclic) bond motifs is 3. The van der Waals surface area contributed by atoms with E-state index >= 15 is 0 Å². The summed E-state index contributed by atoms with van der Waals surface area (Å²) in [5.74, 6) is -0.0872. The Kier molecular flexibility index (Phi) is 4.47. The predicted octanol–water partition coefficient (Wildman–Crippen LogP) is 2.50. The molecule has 2 aliphatic rings. The lowest BCUT2D eigenvalue weighted by Gasteiger charge is -2.46. The maximum absolute atomic E-state index is 13.0. The van der Waals surface area contributed by atoms with E-state index < -0.39 is 35.4 Å². The largest absolute Gasteiger partial charge is 0.444 e. The van der Waals surface area contributed by atoms with Gasteiger partial charge >= 0.3 is 12.3 Å². The summed E-state index contributed by atoms with van der Waals surface area (Å²) in [5, 5.41) is 0. The molecule has 1 aromatic heterocycles. The Bertz CT molecular complexity index is 776. The second kappa shape index (κ2) is 6.28. The van der Waals surface area contributed by atoms with E-state index in [9.17, 15) is 22.8 Å². The average Bonchev–Trinajstić information content (AvgIpc) is 2.56. The van der Waals surface area contributed by atoms with Crippen LogP contribution in [-0.4, -0.2) is 60.2 Å². The standard InChI is InChI=1S/C17H21F3N4O3/c1-16(2,3)27-15(26)23-5-6-24-12(9-23)14(25)22(4)11-7-10(17(18,19)20)8-21-13(11)24/h7-8,12H,5-6,9H2,1-4H3/t12-/m0/s1. The van der Waals surface area contributed by atoms with Gasteiger partial charge in [0, 0.05) is 26.3 Å². The third-order valence-electron chi connectivity index (χ3n) is 4.46. The van der Waals surface area contributed by atoms with Crippen molar-refractivity contribution >= 4 is 23.5 Å². The molecule has 3 heterocycles. The Morgan fingerprint density at radius 2 is 1.93 bits per heavy atom. The number of hydrogen-bond acceptors (Lipinski definition) is 5. The van der Waals surface area contributed by atoms with Crippen LogP contribution in [0.5, 0.6) is 0 Å². The minimum atomic E-state index is -4.54. The van der Waals surface area contributed by atoms with Crippen molar-refractivity contribution in [3.05, 3.63) is 17.8 Å². The molecule has 2 amide bonds. The molecule has 1 aromatic rings. The quantitative estimate of drug-likeness (QED) is 0.686. The number of rotatable bonds is 0. The van der Waals surface area contributed by atoms with Gasteiger partial charge in [-0.2, -0.15) is 13.2 Å². The van der Waals surface area contributed by atoms with E-state index in [0.717, 1.165) is 17.2 Å². The van der Waals surface area contributed by atoms with Crippen molar-refractivity contribution < 1.29 is 27.5 Å². The van der Waals surface area contributed by atoms with Gasteiger partial charge in [0.15, 0.2) is 5.82 Å². The van der Waals surface area contributed by atoms with E-state index in [2.05, 4.69) is 4.98 Å². The summed E-state index contributed by atoms with van der Waals surface area (Å²) in [5.41, 5.74) is -1.47. The van der Waals surface area contributed by atoms with Gasteiger partial charge < -0.3 is 19.4 Å². The van der Waals surface area contributed by atoms with Crippen LogP contribution in [0.2, 0.25) is 0 Å². The van der Waals surface area contributed by atoms with E-state index in [0.29, 0.717) is 5.82 Å². The molecule has 1 saturated heterocycles. The van der Waals surface area contributed by atoms with Gasteiger partial charge in [-0.1, -0.05) is 0 Å². The smallest absolute Gasteiger partial charge is 0.417 e. The fourth-order valence-electron chi connectivity index (χ4n) is 3.15. The number of pyridine rings is 1. The van der Waals surface area contributed by atoms with Crippen LogP contribution in [0.4, 0.5) is 29.5 Å². The molecule has 0 saturated carbocycles. The number of alkyl halides is 3. The molecule has 1 atom stereocenters. The highest BCUT2D eigenvalue weighted by Crippen LogP contribution is 2.39. The van der Waals surface area contributed by atoms with Gasteiger partial charge in [0.25, 0.3) is 5.91 Å². The van der Waals surface area contributed by atoms with Gasteiger partial charge in [0.2, 0.25) is 0 Å². The van der Waals surface area contributed by atoms with Crippen LogP contribution < -0.4 is 9.80 Å². The first-order chi connectivity index (χ1) is 12.4. The second-order valence-corrected chi connectivity index (χ2v) is 7.60. The number of anilines is 2. The van der Waals surface area contributed by atoms with E-state index in [1.807, 2.05) is 0 Å². The minimum absolute atomic E-state index is 0.0836. The van der Waals surface area contributed by atoms with E-state index in [1.54, 1.807) is 25.7 Å². The van der Waals surface area contributed by atoms with Crippen LogP contribution in [0.1, 0.15) is 26.3 Å². The van der Waals surface area contributed by atoms with Gasteiger partial charge in [-0.25, -0.2) is 9.78 Å². The van der Waals surface area contributed by atoms with Gasteiger partial charge in [-0.15, -0.1) is 0 Å². The molecule has 2 aliphatic heterocycles. The van der Waals surface area contributed by atoms with Crippen LogP contribution >= 0.6 is 0 Å². The first kappa shape index (κ1) is 19.2. The Labute approximate surface area is 154 Å². The molecule has 1 fully saturated rings. The molecule has 148 valence electrons. The highest BCUT2D eigenvalue weighted by molar-refractivity contribution is 6.05. The topological polar surface area (TPSA) is 66.0 Å². The number of amides is 2. The molecule has 27 heavy (non-hydrogen) atoms. The van der Waals surface area contributed by atoms with Crippen molar-refractivity contribution in [1.82, 2.24) is 9.88 Å². The molecule has 0 spiro atoms. The molecule has 0 N–H and O–H groups in total. The summed E-state index contributed by atoms with van der Waals surface area (Å²) in [4.78, 5) is 33.2. The lowest BCUT2D eigenvalue weighted by atomic mass is 10.1. The lowest BCUT2D eigenvalue weighted by Crippen LogP contribution is -2.63. The number of carbonyl (C=O) groups is 2. The van der Waals surface area contributed by atoms with Crippen LogP contribution in [0.3, 0.4) is 0 Å². The number of halogens is 3. The van der Waals surface area contributed by atoms with Crippen molar-refractivity contribution in [3.8, 4) is 0 Å². The molecule has 3 rings (SSSR count). The zero-order valence-corrected chi connectivity index (χ0v) is 15.5. The van der Waals surface area contributed by atoms with Gasteiger partial charge in [-0.3, -0.25) is 4.79 Å². The lowest BCUT2D eigenvalue weighted by molar-refractivity contribution is -0.138.